The van der Waals surface area contributed by atoms with E-state index in [9.17, 15) is 4.79 Å². The van der Waals surface area contributed by atoms with Gasteiger partial charge in [0.1, 0.15) is 6.04 Å². The lowest BCUT2D eigenvalue weighted by Crippen LogP contribution is -2.38. The minimum atomic E-state index is -0.294. The van der Waals surface area contributed by atoms with Gasteiger partial charge in [0, 0.05) is 12.7 Å². The molecule has 5 nitrogen and oxygen atoms in total. The molecule has 0 saturated heterocycles. The molecule has 0 aliphatic heterocycles. The summed E-state index contributed by atoms with van der Waals surface area (Å²) in [4.78, 5) is 11.4. The van der Waals surface area contributed by atoms with Crippen LogP contribution in [0.3, 0.4) is 0 Å². The molecule has 0 spiro atoms. The van der Waals surface area contributed by atoms with Gasteiger partial charge in [-0.15, -0.1) is 0 Å². The van der Waals surface area contributed by atoms with Crippen molar-refractivity contribution in [2.45, 2.75) is 25.9 Å². The van der Waals surface area contributed by atoms with Crippen molar-refractivity contribution in [1.82, 2.24) is 15.1 Å². The third-order valence-electron chi connectivity index (χ3n) is 2.18. The summed E-state index contributed by atoms with van der Waals surface area (Å²) in [5, 5.41) is 7.69. The van der Waals surface area contributed by atoms with Gasteiger partial charge in [-0.3, -0.25) is 9.48 Å². The molecule has 0 aliphatic carbocycles. The molecule has 0 bridgehead atoms. The molecule has 0 aliphatic rings. The van der Waals surface area contributed by atoms with Crippen LogP contribution in [0.15, 0.2) is 12.4 Å². The molecular formula is C10H16ClN3O2. The molecule has 1 atom stereocenters. The number of hydrogen-bond donors (Lipinski definition) is 1. The number of hydrogen-bond acceptors (Lipinski definition) is 4. The normalized spacial score (nSPS) is 12.4. The van der Waals surface area contributed by atoms with Crippen LogP contribution < -0.4 is 5.32 Å². The van der Waals surface area contributed by atoms with Crippen molar-refractivity contribution in [2.24, 2.45) is 0 Å². The predicted molar refractivity (Wildman–Crippen MR) is 61.3 cm³/mol. The van der Waals surface area contributed by atoms with E-state index in [1.165, 1.54) is 7.11 Å². The Labute approximate surface area is 99.7 Å². The number of aryl methyl sites for hydroxylation is 1. The average Bonchev–Trinajstić information content (AvgIpc) is 2.69. The minimum absolute atomic E-state index is 0.250. The summed E-state index contributed by atoms with van der Waals surface area (Å²) < 4.78 is 6.41. The summed E-state index contributed by atoms with van der Waals surface area (Å²) in [7, 11) is 1.39. The first-order valence-corrected chi connectivity index (χ1v) is 5.54. The van der Waals surface area contributed by atoms with E-state index >= 15 is 0 Å². The topological polar surface area (TPSA) is 56.2 Å². The van der Waals surface area contributed by atoms with Gasteiger partial charge in [-0.25, -0.2) is 0 Å². The van der Waals surface area contributed by atoms with Crippen LogP contribution in [0.25, 0.3) is 0 Å². The zero-order valence-electron chi connectivity index (χ0n) is 9.44. The average molecular weight is 246 g/mol. The number of halogens is 1. The SMILES string of the molecule is CCNC(CCn1cc(Cl)cn1)C(=O)OC. The molecular weight excluding hydrogens is 230 g/mol. The fraction of sp³-hybridized carbons (Fsp3) is 0.600. The highest BCUT2D eigenvalue weighted by atomic mass is 35.5. The Hall–Kier alpha value is -1.07. The van der Waals surface area contributed by atoms with Crippen molar-refractivity contribution in [1.29, 1.82) is 0 Å². The quantitative estimate of drug-likeness (QED) is 0.762. The maximum atomic E-state index is 11.4. The van der Waals surface area contributed by atoms with Gasteiger partial charge < -0.3 is 10.1 Å². The Morgan fingerprint density at radius 1 is 1.75 bits per heavy atom. The number of ether oxygens (including phenoxy) is 1. The fourth-order valence-corrected chi connectivity index (χ4v) is 1.57. The van der Waals surface area contributed by atoms with Gasteiger partial charge in [-0.2, -0.15) is 5.10 Å². The first-order valence-electron chi connectivity index (χ1n) is 5.16. The summed E-state index contributed by atoms with van der Waals surface area (Å²) >= 11 is 5.74. The van der Waals surface area contributed by atoms with Crippen LogP contribution in [0.1, 0.15) is 13.3 Å². The van der Waals surface area contributed by atoms with Gasteiger partial charge in [-0.05, 0) is 13.0 Å². The molecule has 1 N–H and O–H groups in total. The van der Waals surface area contributed by atoms with Crippen LogP contribution in [0.2, 0.25) is 5.02 Å². The van der Waals surface area contributed by atoms with Crippen LogP contribution in [0.5, 0.6) is 0 Å². The summed E-state index contributed by atoms with van der Waals surface area (Å²) in [5.41, 5.74) is 0. The van der Waals surface area contributed by atoms with Crippen LogP contribution in [0, 0.1) is 0 Å². The second-order valence-corrected chi connectivity index (χ2v) is 3.78. The van der Waals surface area contributed by atoms with E-state index in [-0.39, 0.29) is 12.0 Å². The van der Waals surface area contributed by atoms with Crippen LogP contribution in [0.4, 0.5) is 0 Å². The third-order valence-corrected chi connectivity index (χ3v) is 2.38. The Kier molecular flexibility index (Phi) is 5.28. The van der Waals surface area contributed by atoms with E-state index in [4.69, 9.17) is 16.3 Å². The first-order chi connectivity index (χ1) is 7.67. The molecule has 1 heterocycles. The minimum Gasteiger partial charge on any atom is -0.468 e. The number of likely N-dealkylation sites (N-methyl/N-ethyl adjacent to an activating group) is 1. The highest BCUT2D eigenvalue weighted by Crippen LogP contribution is 2.06. The predicted octanol–water partition coefficient (Wildman–Crippen LogP) is 1.08. The van der Waals surface area contributed by atoms with Crippen molar-refractivity contribution in [3.8, 4) is 0 Å². The highest BCUT2D eigenvalue weighted by molar-refractivity contribution is 6.30. The van der Waals surface area contributed by atoms with Gasteiger partial charge in [-0.1, -0.05) is 18.5 Å². The zero-order chi connectivity index (χ0) is 12.0. The maximum Gasteiger partial charge on any atom is 0.322 e. The van der Waals surface area contributed by atoms with E-state index in [1.54, 1.807) is 17.1 Å². The summed E-state index contributed by atoms with van der Waals surface area (Å²) in [5.74, 6) is -0.250. The molecule has 0 aromatic carbocycles. The summed E-state index contributed by atoms with van der Waals surface area (Å²) in [6, 6.07) is -0.294. The number of carbonyl (C=O) groups is 1. The number of rotatable bonds is 6. The highest BCUT2D eigenvalue weighted by Gasteiger charge is 2.17. The Morgan fingerprint density at radius 2 is 2.50 bits per heavy atom. The van der Waals surface area contributed by atoms with Crippen molar-refractivity contribution in [3.63, 3.8) is 0 Å². The summed E-state index contributed by atoms with van der Waals surface area (Å²) in [6.07, 6.45) is 3.92. The van der Waals surface area contributed by atoms with Crippen molar-refractivity contribution in [2.75, 3.05) is 13.7 Å². The third kappa shape index (κ3) is 3.83. The van der Waals surface area contributed by atoms with Gasteiger partial charge in [0.2, 0.25) is 0 Å². The second kappa shape index (κ2) is 6.50. The van der Waals surface area contributed by atoms with Crippen LogP contribution in [-0.2, 0) is 16.1 Å². The van der Waals surface area contributed by atoms with Crippen LogP contribution >= 0.6 is 11.6 Å². The molecule has 1 unspecified atom stereocenters. The first kappa shape index (κ1) is 13.0. The molecule has 90 valence electrons. The molecule has 1 rings (SSSR count). The Bertz CT molecular complexity index is 341. The van der Waals surface area contributed by atoms with Crippen molar-refractivity contribution in [3.05, 3.63) is 17.4 Å². The molecule has 6 heteroatoms. The van der Waals surface area contributed by atoms with E-state index in [2.05, 4.69) is 10.4 Å². The number of carbonyl (C=O) groups excluding carboxylic acids is 1. The van der Waals surface area contributed by atoms with E-state index in [0.717, 1.165) is 6.54 Å². The molecule has 1 aromatic rings. The lowest BCUT2D eigenvalue weighted by molar-refractivity contribution is -0.143. The number of nitrogens with zero attached hydrogens (tertiary/aromatic N) is 2. The number of methoxy groups -OCH3 is 1. The molecule has 0 saturated carbocycles. The number of esters is 1. The monoisotopic (exact) mass is 245 g/mol. The van der Waals surface area contributed by atoms with E-state index < -0.39 is 0 Å². The number of nitrogens with one attached hydrogen (secondary N) is 1. The molecule has 0 amide bonds. The maximum absolute atomic E-state index is 11.4. The van der Waals surface area contributed by atoms with Gasteiger partial charge in [0.15, 0.2) is 0 Å². The van der Waals surface area contributed by atoms with E-state index in [1.807, 2.05) is 6.92 Å². The largest absolute Gasteiger partial charge is 0.468 e. The molecule has 0 radical (unpaired) electrons. The van der Waals surface area contributed by atoms with Crippen molar-refractivity contribution < 1.29 is 9.53 Å². The van der Waals surface area contributed by atoms with Gasteiger partial charge in [0.05, 0.1) is 18.3 Å². The fourth-order valence-electron chi connectivity index (χ4n) is 1.41. The van der Waals surface area contributed by atoms with Gasteiger partial charge in [0.25, 0.3) is 0 Å². The molecule has 16 heavy (non-hydrogen) atoms. The standard InChI is InChI=1S/C10H16ClN3O2/c1-3-12-9(10(15)16-2)4-5-14-7-8(11)6-13-14/h6-7,9,12H,3-5H2,1-2H3. The lowest BCUT2D eigenvalue weighted by Gasteiger charge is -2.14. The summed E-state index contributed by atoms with van der Waals surface area (Å²) in [6.45, 7) is 3.29. The van der Waals surface area contributed by atoms with Crippen molar-refractivity contribution >= 4 is 17.6 Å². The van der Waals surface area contributed by atoms with E-state index in [0.29, 0.717) is 18.0 Å². The van der Waals surface area contributed by atoms with Gasteiger partial charge >= 0.3 is 5.97 Å². The molecule has 0 fully saturated rings. The second-order valence-electron chi connectivity index (χ2n) is 3.34. The lowest BCUT2D eigenvalue weighted by atomic mass is 10.2. The Balaban J connectivity index is 2.46. The Morgan fingerprint density at radius 3 is 3.00 bits per heavy atom. The van der Waals surface area contributed by atoms with Crippen LogP contribution in [-0.4, -0.2) is 35.4 Å². The molecule has 1 aromatic heterocycles. The zero-order valence-corrected chi connectivity index (χ0v) is 10.2. The smallest absolute Gasteiger partial charge is 0.322 e. The number of aromatic nitrogens is 2.